The average Bonchev–Trinajstić information content (AvgIpc) is 2.86. The molecule has 0 saturated heterocycles. The smallest absolute Gasteiger partial charge is 0.178 e. The number of hydrogen-bond acceptors (Lipinski definition) is 1. The zero-order valence-electron chi connectivity index (χ0n) is 8.91. The fourth-order valence-electron chi connectivity index (χ4n) is 2.30. The van der Waals surface area contributed by atoms with Gasteiger partial charge in [0.25, 0.3) is 0 Å². The van der Waals surface area contributed by atoms with Crippen LogP contribution in [0.2, 0.25) is 5.02 Å². The molecule has 88 valence electrons. The summed E-state index contributed by atoms with van der Waals surface area (Å²) >= 11 is 11.0. The predicted molar refractivity (Wildman–Crippen MR) is 69.5 cm³/mol. The zero-order chi connectivity index (χ0) is 12.0. The Kier molecular flexibility index (Phi) is 2.56. The topological polar surface area (TPSA) is 20.7 Å². The minimum Gasteiger partial charge on any atom is -0.331 e. The maximum absolute atomic E-state index is 13.5. The molecule has 1 N–H and O–H groups in total. The van der Waals surface area contributed by atoms with Gasteiger partial charge in [0.15, 0.2) is 4.77 Å². The molecule has 0 radical (unpaired) electrons. The van der Waals surface area contributed by atoms with Gasteiger partial charge in [-0.25, -0.2) is 4.39 Å². The molecule has 2 aromatic rings. The summed E-state index contributed by atoms with van der Waals surface area (Å²) in [5.74, 6) is -0.409. The number of benzene rings is 1. The number of fused-ring (bicyclic) bond motifs is 1. The van der Waals surface area contributed by atoms with Gasteiger partial charge in [-0.2, -0.15) is 0 Å². The van der Waals surface area contributed by atoms with E-state index in [0.29, 0.717) is 4.77 Å². The number of halogens is 2. The summed E-state index contributed by atoms with van der Waals surface area (Å²) < 4.78 is 16.1. The number of allylic oxidation sites excluding steroid dienone is 2. The highest BCUT2D eigenvalue weighted by Crippen LogP contribution is 2.30. The maximum Gasteiger partial charge on any atom is 0.178 e. The first-order valence-electron chi connectivity index (χ1n) is 5.41. The van der Waals surface area contributed by atoms with Gasteiger partial charge >= 0.3 is 0 Å². The zero-order valence-corrected chi connectivity index (χ0v) is 10.5. The summed E-state index contributed by atoms with van der Waals surface area (Å²) in [5.41, 5.74) is 1.57. The Balaban J connectivity index is 2.26. The third-order valence-electron chi connectivity index (χ3n) is 3.11. The number of imidazole rings is 1. The van der Waals surface area contributed by atoms with Crippen LogP contribution >= 0.6 is 23.8 Å². The lowest BCUT2D eigenvalue weighted by Crippen LogP contribution is -2.04. The van der Waals surface area contributed by atoms with Crippen LogP contribution in [0.5, 0.6) is 0 Å². The molecule has 1 aromatic carbocycles. The van der Waals surface area contributed by atoms with Gasteiger partial charge in [0.1, 0.15) is 5.82 Å². The SMILES string of the molecule is Fc1cc2c(cc1Cl)[nH]c(=S)n2C1CC=CC1. The highest BCUT2D eigenvalue weighted by atomic mass is 35.5. The van der Waals surface area contributed by atoms with Gasteiger partial charge in [-0.15, -0.1) is 0 Å². The van der Waals surface area contributed by atoms with Crippen molar-refractivity contribution in [3.8, 4) is 0 Å². The Labute approximate surface area is 108 Å². The third kappa shape index (κ3) is 1.72. The normalized spacial score (nSPS) is 16.1. The summed E-state index contributed by atoms with van der Waals surface area (Å²) in [6.45, 7) is 0. The first-order chi connectivity index (χ1) is 8.16. The van der Waals surface area contributed by atoms with E-state index in [-0.39, 0.29) is 11.1 Å². The lowest BCUT2D eigenvalue weighted by molar-refractivity contribution is 0.543. The lowest BCUT2D eigenvalue weighted by atomic mass is 10.2. The van der Waals surface area contributed by atoms with Crippen molar-refractivity contribution in [1.82, 2.24) is 9.55 Å². The number of nitrogens with one attached hydrogen (secondary N) is 1. The van der Waals surface area contributed by atoms with Crippen LogP contribution in [0.1, 0.15) is 18.9 Å². The molecule has 0 unspecified atom stereocenters. The number of aromatic nitrogens is 2. The molecule has 1 aromatic heterocycles. The number of aromatic amines is 1. The standard InChI is InChI=1S/C12H10ClFN2S/c13-8-5-10-11(6-9(8)14)16(12(17)15-10)7-3-1-2-4-7/h1-2,5-7H,3-4H2,(H,15,17). The molecule has 1 heterocycles. The fourth-order valence-corrected chi connectivity index (χ4v) is 2.82. The van der Waals surface area contributed by atoms with Crippen molar-refractivity contribution >= 4 is 34.9 Å². The van der Waals surface area contributed by atoms with Gasteiger partial charge in [-0.05, 0) is 31.1 Å². The van der Waals surface area contributed by atoms with E-state index in [9.17, 15) is 4.39 Å². The van der Waals surface area contributed by atoms with Crippen molar-refractivity contribution < 1.29 is 4.39 Å². The quantitative estimate of drug-likeness (QED) is 0.601. The van der Waals surface area contributed by atoms with Gasteiger partial charge in [-0.1, -0.05) is 23.8 Å². The van der Waals surface area contributed by atoms with E-state index in [0.717, 1.165) is 23.9 Å². The summed E-state index contributed by atoms with van der Waals surface area (Å²) in [4.78, 5) is 3.07. The molecule has 1 aliphatic rings. The first kappa shape index (κ1) is 11.0. The molecule has 0 atom stereocenters. The van der Waals surface area contributed by atoms with Crippen molar-refractivity contribution in [2.75, 3.05) is 0 Å². The second kappa shape index (κ2) is 3.96. The summed E-state index contributed by atoms with van der Waals surface area (Å²) in [6, 6.07) is 3.32. The van der Waals surface area contributed by atoms with E-state index in [1.54, 1.807) is 6.07 Å². The molecular formula is C12H10ClFN2S. The third-order valence-corrected chi connectivity index (χ3v) is 3.70. The molecule has 2 nitrogen and oxygen atoms in total. The Morgan fingerprint density at radius 3 is 2.76 bits per heavy atom. The van der Waals surface area contributed by atoms with E-state index in [1.165, 1.54) is 6.07 Å². The Bertz CT molecular complexity index is 663. The molecule has 0 fully saturated rings. The maximum atomic E-state index is 13.5. The number of H-pyrrole nitrogens is 1. The van der Waals surface area contributed by atoms with Gasteiger partial charge in [0.2, 0.25) is 0 Å². The Morgan fingerprint density at radius 1 is 1.35 bits per heavy atom. The molecule has 0 saturated carbocycles. The van der Waals surface area contributed by atoms with E-state index in [2.05, 4.69) is 17.1 Å². The van der Waals surface area contributed by atoms with Crippen molar-refractivity contribution in [2.45, 2.75) is 18.9 Å². The van der Waals surface area contributed by atoms with Crippen LogP contribution in [0.3, 0.4) is 0 Å². The predicted octanol–water partition coefficient (Wildman–Crippen LogP) is 4.38. The molecule has 0 amide bonds. The Morgan fingerprint density at radius 2 is 2.06 bits per heavy atom. The van der Waals surface area contributed by atoms with Crippen LogP contribution in [0.25, 0.3) is 11.0 Å². The minimum absolute atomic E-state index is 0.116. The number of rotatable bonds is 1. The van der Waals surface area contributed by atoms with Crippen LogP contribution in [0.4, 0.5) is 4.39 Å². The van der Waals surface area contributed by atoms with Crippen molar-refractivity contribution in [3.05, 3.63) is 39.9 Å². The van der Waals surface area contributed by atoms with E-state index in [1.807, 2.05) is 4.57 Å². The van der Waals surface area contributed by atoms with Gasteiger partial charge in [-0.3, -0.25) is 0 Å². The van der Waals surface area contributed by atoms with Crippen LogP contribution in [-0.2, 0) is 0 Å². The second-order valence-corrected chi connectivity index (χ2v) is 4.97. The number of nitrogens with zero attached hydrogens (tertiary/aromatic N) is 1. The van der Waals surface area contributed by atoms with Crippen LogP contribution in [-0.4, -0.2) is 9.55 Å². The average molecular weight is 269 g/mol. The monoisotopic (exact) mass is 268 g/mol. The lowest BCUT2D eigenvalue weighted by Gasteiger charge is -2.12. The van der Waals surface area contributed by atoms with Gasteiger partial charge in [0.05, 0.1) is 16.1 Å². The second-order valence-electron chi connectivity index (χ2n) is 4.18. The molecule has 0 aliphatic heterocycles. The molecule has 3 rings (SSSR count). The molecular weight excluding hydrogens is 259 g/mol. The molecule has 0 spiro atoms. The van der Waals surface area contributed by atoms with E-state index >= 15 is 0 Å². The van der Waals surface area contributed by atoms with E-state index < -0.39 is 5.82 Å². The van der Waals surface area contributed by atoms with Crippen molar-refractivity contribution in [2.24, 2.45) is 0 Å². The fraction of sp³-hybridized carbons (Fsp3) is 0.250. The largest absolute Gasteiger partial charge is 0.331 e. The minimum atomic E-state index is -0.409. The highest BCUT2D eigenvalue weighted by Gasteiger charge is 2.17. The Hall–Kier alpha value is -1.13. The highest BCUT2D eigenvalue weighted by molar-refractivity contribution is 7.71. The van der Waals surface area contributed by atoms with Crippen LogP contribution in [0, 0.1) is 10.6 Å². The molecule has 5 heteroatoms. The van der Waals surface area contributed by atoms with Gasteiger partial charge < -0.3 is 9.55 Å². The first-order valence-corrected chi connectivity index (χ1v) is 6.19. The molecule has 17 heavy (non-hydrogen) atoms. The van der Waals surface area contributed by atoms with Crippen LogP contribution in [0.15, 0.2) is 24.3 Å². The molecule has 0 bridgehead atoms. The van der Waals surface area contributed by atoms with Crippen LogP contribution < -0.4 is 0 Å². The summed E-state index contributed by atoms with van der Waals surface area (Å²) in [6.07, 6.45) is 6.12. The molecule has 1 aliphatic carbocycles. The van der Waals surface area contributed by atoms with E-state index in [4.69, 9.17) is 23.8 Å². The summed E-state index contributed by atoms with van der Waals surface area (Å²) in [5, 5.41) is 0.116. The van der Waals surface area contributed by atoms with Crippen molar-refractivity contribution in [3.63, 3.8) is 0 Å². The number of hydrogen-bond donors (Lipinski definition) is 1. The van der Waals surface area contributed by atoms with Crippen molar-refractivity contribution in [1.29, 1.82) is 0 Å². The summed E-state index contributed by atoms with van der Waals surface area (Å²) in [7, 11) is 0. The van der Waals surface area contributed by atoms with Gasteiger partial charge in [0, 0.05) is 12.1 Å².